The molecule has 0 aliphatic heterocycles. The van der Waals surface area contributed by atoms with Crippen molar-refractivity contribution >= 4 is 24.8 Å². The maximum Gasteiger partial charge on any atom is 2.00 e. The van der Waals surface area contributed by atoms with Crippen LogP contribution >= 0.6 is 24.8 Å². The minimum atomic E-state index is 0. The summed E-state index contributed by atoms with van der Waals surface area (Å²) in [6.07, 6.45) is 2.32. The molecular weight excluding hydrogens is 287 g/mol. The van der Waals surface area contributed by atoms with Crippen molar-refractivity contribution in [1.29, 1.82) is 0 Å². The normalized spacial score (nSPS) is 7.65. The van der Waals surface area contributed by atoms with Crippen molar-refractivity contribution in [3.8, 4) is 0 Å². The molecule has 0 heterocycles. The largest absolute Gasteiger partial charge is 2.00 e. The van der Waals surface area contributed by atoms with Crippen LogP contribution in [0.25, 0.3) is 0 Å². The first kappa shape index (κ1) is 22.2. The van der Waals surface area contributed by atoms with Gasteiger partial charge in [-0.05, 0) is 0 Å². The molecule has 0 aliphatic rings. The zero-order valence-electron chi connectivity index (χ0n) is 10.3. The van der Waals surface area contributed by atoms with Gasteiger partial charge in [-0.1, -0.05) is 26.7 Å². The molecule has 0 fully saturated rings. The topological polar surface area (TPSA) is 0 Å². The third kappa shape index (κ3) is 9.67. The molecule has 0 aromatic heterocycles. The standard InChI is InChI=1S/2C7H9.2ClH.Ti/c2*1-2-7-5-3-4-6-7;;;/h2*3-6H,2H2,1H3;2*1H;/q2*-1;;;+2. The molecule has 0 radical (unpaired) electrons. The van der Waals surface area contributed by atoms with E-state index in [1.807, 2.05) is 0 Å². The Morgan fingerprint density at radius 1 is 0.824 bits per heavy atom. The van der Waals surface area contributed by atoms with Crippen LogP contribution in [0.15, 0.2) is 48.5 Å². The fraction of sp³-hybridized carbons (Fsp3) is 0.286. The van der Waals surface area contributed by atoms with Crippen LogP contribution in [-0.4, -0.2) is 0 Å². The van der Waals surface area contributed by atoms with Crippen LogP contribution in [0.4, 0.5) is 0 Å². The van der Waals surface area contributed by atoms with Crippen LogP contribution in [0, 0.1) is 0 Å². The zero-order valence-corrected chi connectivity index (χ0v) is 13.5. The summed E-state index contributed by atoms with van der Waals surface area (Å²) in [5.41, 5.74) is 2.86. The van der Waals surface area contributed by atoms with E-state index in [0.29, 0.717) is 0 Å². The van der Waals surface area contributed by atoms with Gasteiger partial charge in [0.1, 0.15) is 0 Å². The average molecular weight is 307 g/mol. The molecule has 0 bridgehead atoms. The molecular formula is C14H20Cl2Ti. The summed E-state index contributed by atoms with van der Waals surface area (Å²) in [5.74, 6) is 0. The van der Waals surface area contributed by atoms with Crippen LogP contribution in [0.1, 0.15) is 25.0 Å². The fourth-order valence-corrected chi connectivity index (χ4v) is 1.30. The zero-order chi connectivity index (χ0) is 10.2. The molecule has 94 valence electrons. The van der Waals surface area contributed by atoms with Crippen molar-refractivity contribution in [3.05, 3.63) is 59.7 Å². The Kier molecular flexibility index (Phi) is 18.4. The first-order valence-electron chi connectivity index (χ1n) is 5.28. The Morgan fingerprint density at radius 2 is 1.18 bits per heavy atom. The number of rotatable bonds is 2. The number of aryl methyl sites for hydroxylation is 2. The van der Waals surface area contributed by atoms with E-state index in [1.54, 1.807) is 0 Å². The van der Waals surface area contributed by atoms with Gasteiger partial charge < -0.3 is 0 Å². The molecule has 0 saturated heterocycles. The minimum Gasteiger partial charge on any atom is -0.211 e. The van der Waals surface area contributed by atoms with Crippen LogP contribution in [-0.2, 0) is 34.6 Å². The van der Waals surface area contributed by atoms with E-state index in [2.05, 4.69) is 62.4 Å². The SMILES string of the molecule is CCc1cc[cH-]c1.CCc1cc[cH-]c1.Cl.Cl.[Ti+2]. The molecule has 0 nitrogen and oxygen atoms in total. The van der Waals surface area contributed by atoms with Gasteiger partial charge in [0.25, 0.3) is 0 Å². The third-order valence-corrected chi connectivity index (χ3v) is 2.28. The first-order chi connectivity index (χ1) is 6.86. The van der Waals surface area contributed by atoms with Gasteiger partial charge in [-0.2, -0.15) is 47.5 Å². The van der Waals surface area contributed by atoms with Crippen molar-refractivity contribution in [1.82, 2.24) is 0 Å². The van der Waals surface area contributed by atoms with Gasteiger partial charge in [-0.15, -0.1) is 24.8 Å². The summed E-state index contributed by atoms with van der Waals surface area (Å²) in [7, 11) is 0. The second-order valence-electron chi connectivity index (χ2n) is 3.29. The number of hydrogen-bond acceptors (Lipinski definition) is 0. The molecule has 2 aromatic rings. The summed E-state index contributed by atoms with van der Waals surface area (Å²) in [6.45, 7) is 4.32. The summed E-state index contributed by atoms with van der Waals surface area (Å²) in [4.78, 5) is 0. The summed E-state index contributed by atoms with van der Waals surface area (Å²) >= 11 is 0. The Balaban J connectivity index is -0.000000196. The van der Waals surface area contributed by atoms with E-state index in [1.165, 1.54) is 11.1 Å². The van der Waals surface area contributed by atoms with Crippen molar-refractivity contribution < 1.29 is 21.7 Å². The van der Waals surface area contributed by atoms with Gasteiger partial charge in [0.15, 0.2) is 0 Å². The monoisotopic (exact) mass is 306 g/mol. The fourth-order valence-electron chi connectivity index (χ4n) is 1.30. The minimum absolute atomic E-state index is 0. The van der Waals surface area contributed by atoms with Crippen LogP contribution in [0.5, 0.6) is 0 Å². The molecule has 2 aromatic carbocycles. The maximum atomic E-state index is 2.16. The number of hydrogen-bond donors (Lipinski definition) is 0. The molecule has 3 heteroatoms. The van der Waals surface area contributed by atoms with Gasteiger partial charge in [-0.25, -0.2) is 12.1 Å². The van der Waals surface area contributed by atoms with E-state index < -0.39 is 0 Å². The van der Waals surface area contributed by atoms with Gasteiger partial charge in [-0.3, -0.25) is 0 Å². The quantitative estimate of drug-likeness (QED) is 0.553. The molecule has 0 amide bonds. The Labute approximate surface area is 132 Å². The molecule has 2 rings (SSSR count). The van der Waals surface area contributed by atoms with Crippen molar-refractivity contribution in [2.24, 2.45) is 0 Å². The van der Waals surface area contributed by atoms with Crippen molar-refractivity contribution in [2.45, 2.75) is 26.7 Å². The van der Waals surface area contributed by atoms with Crippen LogP contribution < -0.4 is 0 Å². The van der Waals surface area contributed by atoms with Gasteiger partial charge >= 0.3 is 21.7 Å². The summed E-state index contributed by atoms with van der Waals surface area (Å²) in [5, 5.41) is 0. The van der Waals surface area contributed by atoms with E-state index in [9.17, 15) is 0 Å². The van der Waals surface area contributed by atoms with Gasteiger partial charge in [0, 0.05) is 0 Å². The Morgan fingerprint density at radius 3 is 1.29 bits per heavy atom. The molecule has 0 N–H and O–H groups in total. The predicted molar refractivity (Wildman–Crippen MR) is 77.3 cm³/mol. The molecule has 17 heavy (non-hydrogen) atoms. The molecule has 0 atom stereocenters. The Bertz CT molecular complexity index is 278. The predicted octanol–water partition coefficient (Wildman–Crippen LogP) is 4.78. The second kappa shape index (κ2) is 14.1. The third-order valence-electron chi connectivity index (χ3n) is 2.28. The molecule has 0 aliphatic carbocycles. The molecule has 0 spiro atoms. The van der Waals surface area contributed by atoms with Gasteiger partial charge in [0.2, 0.25) is 0 Å². The number of halogens is 2. The van der Waals surface area contributed by atoms with E-state index in [-0.39, 0.29) is 46.5 Å². The van der Waals surface area contributed by atoms with Crippen LogP contribution in [0.2, 0.25) is 0 Å². The summed E-state index contributed by atoms with van der Waals surface area (Å²) < 4.78 is 0. The molecule has 0 saturated carbocycles. The first-order valence-corrected chi connectivity index (χ1v) is 5.28. The molecule has 0 unspecified atom stereocenters. The average Bonchev–Trinajstić information content (AvgIpc) is 2.92. The van der Waals surface area contributed by atoms with Crippen molar-refractivity contribution in [3.63, 3.8) is 0 Å². The summed E-state index contributed by atoms with van der Waals surface area (Å²) in [6, 6.07) is 16.8. The maximum absolute atomic E-state index is 2.16. The van der Waals surface area contributed by atoms with E-state index in [0.717, 1.165) is 12.8 Å². The smallest absolute Gasteiger partial charge is 0.211 e. The van der Waals surface area contributed by atoms with E-state index >= 15 is 0 Å². The van der Waals surface area contributed by atoms with Gasteiger partial charge in [0.05, 0.1) is 0 Å². The Hall–Kier alpha value is -0.00571. The van der Waals surface area contributed by atoms with Crippen LogP contribution in [0.3, 0.4) is 0 Å². The van der Waals surface area contributed by atoms with E-state index in [4.69, 9.17) is 0 Å². The van der Waals surface area contributed by atoms with Crippen molar-refractivity contribution in [2.75, 3.05) is 0 Å². The second-order valence-corrected chi connectivity index (χ2v) is 3.29.